The number of rotatable bonds is 10. The molecule has 5 heteroatoms. The van der Waals surface area contributed by atoms with Crippen molar-refractivity contribution in [2.75, 3.05) is 20.8 Å². The van der Waals surface area contributed by atoms with Gasteiger partial charge in [0.2, 0.25) is 0 Å². The maximum Gasteiger partial charge on any atom is 0.162 e. The summed E-state index contributed by atoms with van der Waals surface area (Å²) in [7, 11) is 3.37. The van der Waals surface area contributed by atoms with Crippen molar-refractivity contribution < 1.29 is 14.2 Å². The maximum absolute atomic E-state index is 5.97. The zero-order valence-electron chi connectivity index (χ0n) is 16.8. The van der Waals surface area contributed by atoms with Crippen molar-refractivity contribution in [3.63, 3.8) is 0 Å². The largest absolute Gasteiger partial charge is 0.496 e. The molecule has 0 aliphatic heterocycles. The molecule has 0 atom stereocenters. The molecule has 0 bridgehead atoms. The van der Waals surface area contributed by atoms with E-state index < -0.39 is 0 Å². The smallest absolute Gasteiger partial charge is 0.162 e. The van der Waals surface area contributed by atoms with E-state index in [-0.39, 0.29) is 0 Å². The average Bonchev–Trinajstić information content (AvgIpc) is 2.77. The number of hydrogen-bond acceptors (Lipinski definition) is 4. The quantitative estimate of drug-likeness (QED) is 0.416. The fraction of sp³-hybridized carbons (Fsp3) is 0.250. The minimum Gasteiger partial charge on any atom is -0.496 e. The summed E-state index contributed by atoms with van der Waals surface area (Å²) >= 11 is 3.66. The Morgan fingerprint density at radius 3 is 2.28 bits per heavy atom. The minimum absolute atomic E-state index is 0.500. The average molecular weight is 456 g/mol. The van der Waals surface area contributed by atoms with Gasteiger partial charge >= 0.3 is 0 Å². The van der Waals surface area contributed by atoms with Crippen LogP contribution in [0.2, 0.25) is 0 Å². The molecule has 0 saturated heterocycles. The molecule has 0 aromatic heterocycles. The van der Waals surface area contributed by atoms with Crippen molar-refractivity contribution in [3.05, 3.63) is 87.9 Å². The zero-order chi connectivity index (χ0) is 20.5. The molecule has 0 heterocycles. The maximum atomic E-state index is 5.97. The number of benzene rings is 3. The first-order valence-electron chi connectivity index (χ1n) is 9.57. The van der Waals surface area contributed by atoms with Gasteiger partial charge in [0.15, 0.2) is 11.5 Å². The predicted molar refractivity (Wildman–Crippen MR) is 120 cm³/mol. The van der Waals surface area contributed by atoms with Crippen LogP contribution in [0.15, 0.2) is 71.2 Å². The third-order valence-corrected chi connectivity index (χ3v) is 5.39. The van der Waals surface area contributed by atoms with Crippen molar-refractivity contribution in [1.82, 2.24) is 5.32 Å². The van der Waals surface area contributed by atoms with Crippen molar-refractivity contribution in [1.29, 1.82) is 0 Å². The standard InChI is InChI=1S/C24H26BrNO3/c1-27-22-11-7-6-10-19(22)12-13-26-16-20-14-23(28-2)24(15-21(20)25)29-17-18-8-4-3-5-9-18/h3-11,14-15,26H,12-13,16-17H2,1-2H3. The van der Waals surface area contributed by atoms with Gasteiger partial charge in [-0.1, -0.05) is 64.5 Å². The summed E-state index contributed by atoms with van der Waals surface area (Å²) in [6.07, 6.45) is 0.900. The van der Waals surface area contributed by atoms with Crippen LogP contribution < -0.4 is 19.5 Å². The van der Waals surface area contributed by atoms with Crippen LogP contribution in [-0.4, -0.2) is 20.8 Å². The lowest BCUT2D eigenvalue weighted by Gasteiger charge is -2.15. The van der Waals surface area contributed by atoms with Crippen molar-refractivity contribution >= 4 is 15.9 Å². The molecule has 0 saturated carbocycles. The normalized spacial score (nSPS) is 10.6. The van der Waals surface area contributed by atoms with Gasteiger partial charge in [0, 0.05) is 11.0 Å². The van der Waals surface area contributed by atoms with E-state index in [1.807, 2.05) is 60.7 Å². The predicted octanol–water partition coefficient (Wildman–Crippen LogP) is 5.38. The Labute approximate surface area is 180 Å². The Balaban J connectivity index is 1.58. The number of ether oxygens (including phenoxy) is 3. The van der Waals surface area contributed by atoms with Gasteiger partial charge in [-0.25, -0.2) is 0 Å². The van der Waals surface area contributed by atoms with Gasteiger partial charge in [-0.3, -0.25) is 0 Å². The third-order valence-electron chi connectivity index (χ3n) is 4.65. The van der Waals surface area contributed by atoms with Crippen molar-refractivity contribution in [2.24, 2.45) is 0 Å². The summed E-state index contributed by atoms with van der Waals surface area (Å²) in [5.41, 5.74) is 3.44. The first-order chi connectivity index (χ1) is 14.2. The van der Waals surface area contributed by atoms with E-state index in [0.29, 0.717) is 6.61 Å². The molecule has 0 aliphatic carbocycles. The number of nitrogens with one attached hydrogen (secondary N) is 1. The second-order valence-electron chi connectivity index (χ2n) is 6.61. The fourth-order valence-electron chi connectivity index (χ4n) is 3.08. The molecule has 0 aliphatic rings. The van der Waals surface area contributed by atoms with E-state index in [0.717, 1.165) is 52.4 Å². The van der Waals surface area contributed by atoms with E-state index in [9.17, 15) is 0 Å². The molecule has 1 N–H and O–H groups in total. The van der Waals surface area contributed by atoms with Crippen LogP contribution in [0.3, 0.4) is 0 Å². The van der Waals surface area contributed by atoms with Gasteiger partial charge in [-0.2, -0.15) is 0 Å². The van der Waals surface area contributed by atoms with Gasteiger partial charge in [0.05, 0.1) is 14.2 Å². The summed E-state index contributed by atoms with van der Waals surface area (Å²) in [4.78, 5) is 0. The molecule has 0 fully saturated rings. The molecular weight excluding hydrogens is 430 g/mol. The van der Waals surface area contributed by atoms with Crippen LogP contribution in [0.1, 0.15) is 16.7 Å². The summed E-state index contributed by atoms with van der Waals surface area (Å²) < 4.78 is 17.9. The van der Waals surface area contributed by atoms with Gasteiger partial charge in [-0.15, -0.1) is 0 Å². The number of methoxy groups -OCH3 is 2. The highest BCUT2D eigenvalue weighted by molar-refractivity contribution is 9.10. The highest BCUT2D eigenvalue weighted by Gasteiger charge is 2.11. The third kappa shape index (κ3) is 5.99. The summed E-state index contributed by atoms with van der Waals surface area (Å²) in [6, 6.07) is 22.2. The lowest BCUT2D eigenvalue weighted by atomic mass is 10.1. The van der Waals surface area contributed by atoms with E-state index in [4.69, 9.17) is 14.2 Å². The van der Waals surface area contributed by atoms with Crippen molar-refractivity contribution in [2.45, 2.75) is 19.6 Å². The van der Waals surface area contributed by atoms with Crippen LogP contribution in [0.5, 0.6) is 17.2 Å². The Morgan fingerprint density at radius 2 is 1.52 bits per heavy atom. The van der Waals surface area contributed by atoms with Crippen LogP contribution in [-0.2, 0) is 19.6 Å². The van der Waals surface area contributed by atoms with Crippen LogP contribution in [0.4, 0.5) is 0 Å². The van der Waals surface area contributed by atoms with Gasteiger partial charge in [0.1, 0.15) is 12.4 Å². The molecule has 0 amide bonds. The minimum atomic E-state index is 0.500. The van der Waals surface area contributed by atoms with E-state index in [1.165, 1.54) is 5.56 Å². The SMILES string of the molecule is COc1ccccc1CCNCc1cc(OC)c(OCc2ccccc2)cc1Br. The van der Waals surface area contributed by atoms with E-state index in [2.05, 4.69) is 27.3 Å². The number of para-hydroxylation sites is 1. The first-order valence-corrected chi connectivity index (χ1v) is 10.4. The summed E-state index contributed by atoms with van der Waals surface area (Å²) in [5, 5.41) is 3.49. The van der Waals surface area contributed by atoms with Crippen LogP contribution >= 0.6 is 15.9 Å². The molecular formula is C24H26BrNO3. The Morgan fingerprint density at radius 1 is 0.793 bits per heavy atom. The first kappa shape index (κ1) is 21.2. The molecule has 0 radical (unpaired) electrons. The Kier molecular flexibility index (Phi) is 7.96. The second-order valence-corrected chi connectivity index (χ2v) is 7.46. The van der Waals surface area contributed by atoms with Crippen molar-refractivity contribution in [3.8, 4) is 17.2 Å². The van der Waals surface area contributed by atoms with Gasteiger partial charge in [-0.05, 0) is 47.9 Å². The Bertz CT molecular complexity index is 915. The van der Waals surface area contributed by atoms with Crippen LogP contribution in [0, 0.1) is 0 Å². The molecule has 3 rings (SSSR count). The zero-order valence-corrected chi connectivity index (χ0v) is 18.4. The summed E-state index contributed by atoms with van der Waals surface area (Å²) in [5.74, 6) is 2.38. The number of halogens is 1. The Hall–Kier alpha value is -2.50. The summed E-state index contributed by atoms with van der Waals surface area (Å²) in [6.45, 7) is 2.08. The monoisotopic (exact) mass is 455 g/mol. The van der Waals surface area contributed by atoms with E-state index in [1.54, 1.807) is 14.2 Å². The lowest BCUT2D eigenvalue weighted by molar-refractivity contribution is 0.284. The molecule has 29 heavy (non-hydrogen) atoms. The molecule has 0 unspecified atom stereocenters. The lowest BCUT2D eigenvalue weighted by Crippen LogP contribution is -2.17. The number of hydrogen-bond donors (Lipinski definition) is 1. The molecule has 152 valence electrons. The van der Waals surface area contributed by atoms with E-state index >= 15 is 0 Å². The highest BCUT2D eigenvalue weighted by Crippen LogP contribution is 2.34. The topological polar surface area (TPSA) is 39.7 Å². The molecule has 3 aromatic rings. The molecule has 3 aromatic carbocycles. The van der Waals surface area contributed by atoms with Gasteiger partial charge in [0.25, 0.3) is 0 Å². The second kappa shape index (κ2) is 10.9. The fourth-order valence-corrected chi connectivity index (χ4v) is 3.54. The molecule has 0 spiro atoms. The highest BCUT2D eigenvalue weighted by atomic mass is 79.9. The van der Waals surface area contributed by atoms with Gasteiger partial charge < -0.3 is 19.5 Å². The molecule has 4 nitrogen and oxygen atoms in total. The van der Waals surface area contributed by atoms with Crippen LogP contribution in [0.25, 0.3) is 0 Å².